The lowest BCUT2D eigenvalue weighted by atomic mass is 9.86. The minimum Gasteiger partial charge on any atom is -0.135 e. The van der Waals surface area contributed by atoms with Gasteiger partial charge in [0.25, 0.3) is 0 Å². The van der Waals surface area contributed by atoms with Gasteiger partial charge in [0.1, 0.15) is 0 Å². The Hall–Kier alpha value is -1.90. The summed E-state index contributed by atoms with van der Waals surface area (Å²) in [6.07, 6.45) is 4.62. The van der Waals surface area contributed by atoms with E-state index in [-0.39, 0.29) is 5.41 Å². The van der Waals surface area contributed by atoms with E-state index in [0.717, 1.165) is 4.47 Å². The van der Waals surface area contributed by atoms with Gasteiger partial charge in [-0.15, -0.1) is 11.3 Å². The van der Waals surface area contributed by atoms with Crippen LogP contribution in [-0.4, -0.2) is 0 Å². The molecule has 2 heteroatoms. The third-order valence-corrected chi connectivity index (χ3v) is 7.05. The van der Waals surface area contributed by atoms with E-state index in [9.17, 15) is 0 Å². The minimum atomic E-state index is 0.117. The number of benzene rings is 3. The van der Waals surface area contributed by atoms with Gasteiger partial charge in [0, 0.05) is 30.4 Å². The molecule has 0 saturated carbocycles. The maximum atomic E-state index is 3.76. The van der Waals surface area contributed by atoms with E-state index in [1.54, 1.807) is 0 Å². The summed E-state index contributed by atoms with van der Waals surface area (Å²) in [6.45, 7) is 4.62. The van der Waals surface area contributed by atoms with Crippen LogP contribution in [0, 0.1) is 0 Å². The van der Waals surface area contributed by atoms with Crippen LogP contribution in [0.3, 0.4) is 0 Å². The highest BCUT2D eigenvalue weighted by atomic mass is 79.9. The zero-order chi connectivity index (χ0) is 17.2. The van der Waals surface area contributed by atoms with Crippen molar-refractivity contribution < 1.29 is 0 Å². The van der Waals surface area contributed by atoms with E-state index in [1.807, 2.05) is 11.3 Å². The summed E-state index contributed by atoms with van der Waals surface area (Å²) in [5, 5.41) is 3.96. The lowest BCUT2D eigenvalue weighted by Gasteiger charge is -2.17. The Bertz CT molecular complexity index is 1170. The fraction of sp³-hybridized carbons (Fsp3) is 0.130. The van der Waals surface area contributed by atoms with Crippen molar-refractivity contribution in [2.45, 2.75) is 19.3 Å². The first-order valence-electron chi connectivity index (χ1n) is 8.49. The number of fused-ring (bicyclic) bond motifs is 4. The van der Waals surface area contributed by atoms with Crippen LogP contribution in [0.15, 0.2) is 65.1 Å². The standard InChI is InChI=1S/C23H17BrS/c1-23(2)13-12-19-21(23)17-10-5-9-16(22(17)25-19)15-8-3-6-14-7-4-11-18(24)20(14)15/h3-13H,1-2H3. The molecule has 0 nitrogen and oxygen atoms in total. The molecule has 0 saturated heterocycles. The molecule has 0 fully saturated rings. The Morgan fingerprint density at radius 3 is 2.44 bits per heavy atom. The van der Waals surface area contributed by atoms with Crippen LogP contribution >= 0.6 is 27.3 Å². The van der Waals surface area contributed by atoms with Gasteiger partial charge in [0.05, 0.1) is 0 Å². The Morgan fingerprint density at radius 1 is 0.880 bits per heavy atom. The molecule has 0 radical (unpaired) electrons. The van der Waals surface area contributed by atoms with Gasteiger partial charge in [-0.1, -0.05) is 84.4 Å². The summed E-state index contributed by atoms with van der Waals surface area (Å²) < 4.78 is 2.55. The van der Waals surface area contributed by atoms with Crippen LogP contribution in [-0.2, 0) is 5.41 Å². The number of rotatable bonds is 1. The molecule has 122 valence electrons. The molecule has 0 spiro atoms. The lowest BCUT2D eigenvalue weighted by molar-refractivity contribution is 0.692. The maximum absolute atomic E-state index is 3.76. The summed E-state index contributed by atoms with van der Waals surface area (Å²) in [7, 11) is 0. The third-order valence-electron chi connectivity index (χ3n) is 5.18. The van der Waals surface area contributed by atoms with Crippen molar-refractivity contribution in [2.75, 3.05) is 0 Å². The maximum Gasteiger partial charge on any atom is 0.0430 e. The van der Waals surface area contributed by atoms with Crippen molar-refractivity contribution in [3.05, 3.63) is 75.6 Å². The molecule has 4 aromatic rings. The van der Waals surface area contributed by atoms with Crippen LogP contribution in [0.25, 0.3) is 38.1 Å². The quantitative estimate of drug-likeness (QED) is 0.303. The van der Waals surface area contributed by atoms with E-state index in [4.69, 9.17) is 0 Å². The molecule has 0 bridgehead atoms. The Labute approximate surface area is 159 Å². The van der Waals surface area contributed by atoms with Gasteiger partial charge in [-0.25, -0.2) is 0 Å². The molecule has 1 heterocycles. The van der Waals surface area contributed by atoms with E-state index in [2.05, 4.69) is 96.5 Å². The number of hydrogen-bond donors (Lipinski definition) is 0. The molecule has 0 amide bonds. The summed E-state index contributed by atoms with van der Waals surface area (Å²) in [4.78, 5) is 1.41. The summed E-state index contributed by atoms with van der Waals surface area (Å²) >= 11 is 5.69. The average Bonchev–Trinajstić information content (AvgIpc) is 3.12. The normalized spacial score (nSPS) is 15.2. The Kier molecular flexibility index (Phi) is 3.25. The lowest BCUT2D eigenvalue weighted by Crippen LogP contribution is -2.09. The van der Waals surface area contributed by atoms with Crippen molar-refractivity contribution in [3.8, 4) is 11.1 Å². The average molecular weight is 405 g/mol. The second-order valence-corrected chi connectivity index (χ2v) is 9.13. The molecule has 0 aliphatic heterocycles. The van der Waals surface area contributed by atoms with Crippen LogP contribution in [0.1, 0.15) is 24.3 Å². The fourth-order valence-corrected chi connectivity index (χ4v) is 6.01. The molecule has 0 unspecified atom stereocenters. The van der Waals surface area contributed by atoms with Gasteiger partial charge in [0.15, 0.2) is 0 Å². The second-order valence-electron chi connectivity index (χ2n) is 7.22. The van der Waals surface area contributed by atoms with Gasteiger partial charge in [-0.3, -0.25) is 0 Å². The van der Waals surface area contributed by atoms with Crippen LogP contribution in [0.5, 0.6) is 0 Å². The third kappa shape index (κ3) is 2.17. The molecule has 1 aliphatic rings. The van der Waals surface area contributed by atoms with Crippen molar-refractivity contribution in [3.63, 3.8) is 0 Å². The highest BCUT2D eigenvalue weighted by molar-refractivity contribution is 9.10. The Morgan fingerprint density at radius 2 is 1.60 bits per heavy atom. The molecule has 3 aromatic carbocycles. The minimum absolute atomic E-state index is 0.117. The first-order valence-corrected chi connectivity index (χ1v) is 10.1. The van der Waals surface area contributed by atoms with Gasteiger partial charge in [-0.2, -0.15) is 0 Å². The summed E-state index contributed by atoms with van der Waals surface area (Å²) in [5.74, 6) is 0. The molecule has 25 heavy (non-hydrogen) atoms. The molecule has 1 aromatic heterocycles. The number of thiophene rings is 1. The van der Waals surface area contributed by atoms with Crippen LogP contribution < -0.4 is 0 Å². The zero-order valence-electron chi connectivity index (χ0n) is 14.1. The van der Waals surface area contributed by atoms with Crippen molar-refractivity contribution >= 4 is 54.2 Å². The van der Waals surface area contributed by atoms with Gasteiger partial charge >= 0.3 is 0 Å². The molecule has 5 rings (SSSR count). The molecule has 0 N–H and O–H groups in total. The van der Waals surface area contributed by atoms with Crippen molar-refractivity contribution in [1.29, 1.82) is 0 Å². The van der Waals surface area contributed by atoms with Gasteiger partial charge in [-0.05, 0) is 34.0 Å². The fourth-order valence-electron chi connectivity index (χ4n) is 4.02. The second kappa shape index (κ2) is 5.30. The van der Waals surface area contributed by atoms with Crippen LogP contribution in [0.4, 0.5) is 0 Å². The van der Waals surface area contributed by atoms with E-state index in [1.165, 1.54) is 42.4 Å². The number of hydrogen-bond acceptors (Lipinski definition) is 1. The Balaban J connectivity index is 1.89. The monoisotopic (exact) mass is 404 g/mol. The predicted octanol–water partition coefficient (Wildman–Crippen LogP) is 7.79. The van der Waals surface area contributed by atoms with Crippen molar-refractivity contribution in [2.24, 2.45) is 0 Å². The van der Waals surface area contributed by atoms with Gasteiger partial charge < -0.3 is 0 Å². The van der Waals surface area contributed by atoms with E-state index in [0.29, 0.717) is 0 Å². The first kappa shape index (κ1) is 15.4. The first-order chi connectivity index (χ1) is 12.1. The smallest absolute Gasteiger partial charge is 0.0430 e. The van der Waals surface area contributed by atoms with Gasteiger partial charge in [0.2, 0.25) is 0 Å². The topological polar surface area (TPSA) is 0 Å². The number of halogens is 1. The zero-order valence-corrected chi connectivity index (χ0v) is 16.5. The molecule has 0 atom stereocenters. The van der Waals surface area contributed by atoms with E-state index < -0.39 is 0 Å². The molecule has 1 aliphatic carbocycles. The molecular weight excluding hydrogens is 388 g/mol. The highest BCUT2D eigenvalue weighted by Crippen LogP contribution is 2.48. The summed E-state index contributed by atoms with van der Waals surface area (Å²) in [5.41, 5.74) is 4.23. The van der Waals surface area contributed by atoms with E-state index >= 15 is 0 Å². The van der Waals surface area contributed by atoms with Crippen molar-refractivity contribution in [1.82, 2.24) is 0 Å². The predicted molar refractivity (Wildman–Crippen MR) is 115 cm³/mol. The molecular formula is C23H17BrS. The summed E-state index contributed by atoms with van der Waals surface area (Å²) in [6, 6.07) is 19.8. The largest absolute Gasteiger partial charge is 0.135 e. The highest BCUT2D eigenvalue weighted by Gasteiger charge is 2.30. The number of allylic oxidation sites excluding steroid dienone is 1. The van der Waals surface area contributed by atoms with Crippen LogP contribution in [0.2, 0.25) is 0 Å². The SMILES string of the molecule is CC1(C)C=Cc2sc3c(-c4cccc5cccc(Br)c45)cccc3c21.